The van der Waals surface area contributed by atoms with Crippen LogP contribution in [0.2, 0.25) is 0 Å². The Hall–Kier alpha value is -1.35. The Morgan fingerprint density at radius 2 is 2.12 bits per heavy atom. The van der Waals surface area contributed by atoms with Gasteiger partial charge >= 0.3 is 5.97 Å². The van der Waals surface area contributed by atoms with Gasteiger partial charge in [-0.15, -0.1) is 0 Å². The van der Waals surface area contributed by atoms with Crippen molar-refractivity contribution in [2.75, 3.05) is 6.61 Å². The molecule has 3 rings (SSSR count). The second-order valence-electron chi connectivity index (χ2n) is 4.43. The Bertz CT molecular complexity index is 417. The van der Waals surface area contributed by atoms with Gasteiger partial charge in [-0.25, -0.2) is 0 Å². The molecule has 0 radical (unpaired) electrons. The average molecular weight is 218 g/mol. The Morgan fingerprint density at radius 3 is 2.75 bits per heavy atom. The second kappa shape index (κ2) is 3.91. The topological polar surface area (TPSA) is 35.5 Å². The number of cyclic esters (lactones) is 1. The zero-order chi connectivity index (χ0) is 11.0. The minimum absolute atomic E-state index is 0.0147. The van der Waals surface area contributed by atoms with Crippen LogP contribution >= 0.6 is 0 Å². The Balaban J connectivity index is 1.47. The lowest BCUT2D eigenvalue weighted by Crippen LogP contribution is -2.36. The number of hydrogen-bond donors (Lipinski definition) is 0. The highest BCUT2D eigenvalue weighted by molar-refractivity contribution is 5.75. The van der Waals surface area contributed by atoms with Gasteiger partial charge in [0.1, 0.15) is 6.10 Å². The van der Waals surface area contributed by atoms with Crippen molar-refractivity contribution >= 4 is 5.97 Å². The third-order valence-corrected chi connectivity index (χ3v) is 3.20. The highest BCUT2D eigenvalue weighted by Crippen LogP contribution is 2.24. The maximum Gasteiger partial charge on any atom is 0.310 e. The molecule has 0 spiro atoms. The SMILES string of the molecule is O=C1CC(COCc2ccc3c(c2)CC3)O1. The molecule has 0 amide bonds. The molecule has 0 aromatic heterocycles. The molecule has 1 aliphatic heterocycles. The highest BCUT2D eigenvalue weighted by Gasteiger charge is 2.28. The molecule has 1 heterocycles. The largest absolute Gasteiger partial charge is 0.459 e. The van der Waals surface area contributed by atoms with E-state index in [9.17, 15) is 4.79 Å². The van der Waals surface area contributed by atoms with E-state index in [2.05, 4.69) is 18.2 Å². The molecule has 1 aromatic rings. The molecule has 0 N–H and O–H groups in total. The summed E-state index contributed by atoms with van der Waals surface area (Å²) in [5, 5.41) is 0. The summed E-state index contributed by atoms with van der Waals surface area (Å²) in [7, 11) is 0. The van der Waals surface area contributed by atoms with Gasteiger partial charge in [-0.05, 0) is 29.5 Å². The fourth-order valence-corrected chi connectivity index (χ4v) is 2.10. The molecule has 1 atom stereocenters. The number of benzene rings is 1. The molecule has 1 aromatic carbocycles. The normalized spacial score (nSPS) is 21.8. The number of esters is 1. The van der Waals surface area contributed by atoms with Gasteiger partial charge in [0.2, 0.25) is 0 Å². The zero-order valence-electron chi connectivity index (χ0n) is 9.07. The van der Waals surface area contributed by atoms with Crippen LogP contribution in [0.1, 0.15) is 23.1 Å². The Morgan fingerprint density at radius 1 is 1.31 bits per heavy atom. The summed E-state index contributed by atoms with van der Waals surface area (Å²) < 4.78 is 10.4. The quantitative estimate of drug-likeness (QED) is 0.720. The van der Waals surface area contributed by atoms with Crippen LogP contribution in [-0.4, -0.2) is 18.7 Å². The minimum atomic E-state index is -0.116. The number of carbonyl (C=O) groups is 1. The summed E-state index contributed by atoms with van der Waals surface area (Å²) >= 11 is 0. The van der Waals surface area contributed by atoms with Crippen molar-refractivity contribution in [2.45, 2.75) is 32.0 Å². The molecule has 16 heavy (non-hydrogen) atoms. The van der Waals surface area contributed by atoms with Gasteiger partial charge in [-0.1, -0.05) is 18.2 Å². The standard InChI is InChI=1S/C13H14O3/c14-13-6-12(16-13)8-15-7-9-1-2-10-3-4-11(10)5-9/h1-2,5,12H,3-4,6-8H2. The Labute approximate surface area is 94.4 Å². The van der Waals surface area contributed by atoms with Crippen molar-refractivity contribution in [2.24, 2.45) is 0 Å². The molecular formula is C13H14O3. The van der Waals surface area contributed by atoms with Crippen molar-refractivity contribution in [3.63, 3.8) is 0 Å². The van der Waals surface area contributed by atoms with E-state index in [-0.39, 0.29) is 12.1 Å². The number of ether oxygens (including phenoxy) is 2. The van der Waals surface area contributed by atoms with Gasteiger partial charge < -0.3 is 9.47 Å². The highest BCUT2D eigenvalue weighted by atomic mass is 16.6. The summed E-state index contributed by atoms with van der Waals surface area (Å²) in [6, 6.07) is 6.51. The summed E-state index contributed by atoms with van der Waals surface area (Å²) in [6.07, 6.45) is 2.90. The van der Waals surface area contributed by atoms with Gasteiger partial charge in [0, 0.05) is 0 Å². The summed E-state index contributed by atoms with van der Waals surface area (Å²) in [4.78, 5) is 10.6. The molecule has 3 heteroatoms. The van der Waals surface area contributed by atoms with Gasteiger partial charge in [-0.3, -0.25) is 4.79 Å². The molecule has 1 aliphatic carbocycles. The fraction of sp³-hybridized carbons (Fsp3) is 0.462. The van der Waals surface area contributed by atoms with E-state index >= 15 is 0 Å². The molecule has 0 bridgehead atoms. The number of carbonyl (C=O) groups excluding carboxylic acids is 1. The first-order valence-electron chi connectivity index (χ1n) is 5.69. The zero-order valence-corrected chi connectivity index (χ0v) is 9.07. The van der Waals surface area contributed by atoms with Crippen molar-refractivity contribution in [1.29, 1.82) is 0 Å². The predicted molar refractivity (Wildman–Crippen MR) is 58.0 cm³/mol. The van der Waals surface area contributed by atoms with E-state index in [1.165, 1.54) is 29.5 Å². The van der Waals surface area contributed by atoms with Crippen LogP contribution in [-0.2, 0) is 33.7 Å². The average Bonchev–Trinajstić information content (AvgIpc) is 2.19. The Kier molecular flexibility index (Phi) is 2.40. The maximum absolute atomic E-state index is 10.6. The number of hydrogen-bond acceptors (Lipinski definition) is 3. The van der Waals surface area contributed by atoms with Crippen LogP contribution in [0.5, 0.6) is 0 Å². The van der Waals surface area contributed by atoms with E-state index in [4.69, 9.17) is 9.47 Å². The third-order valence-electron chi connectivity index (χ3n) is 3.20. The van der Waals surface area contributed by atoms with Crippen LogP contribution in [0.15, 0.2) is 18.2 Å². The number of rotatable bonds is 4. The number of aryl methyl sites for hydroxylation is 2. The van der Waals surface area contributed by atoms with Crippen LogP contribution in [0.25, 0.3) is 0 Å². The van der Waals surface area contributed by atoms with Crippen LogP contribution in [0.3, 0.4) is 0 Å². The molecule has 3 nitrogen and oxygen atoms in total. The predicted octanol–water partition coefficient (Wildman–Crippen LogP) is 1.62. The summed E-state index contributed by atoms with van der Waals surface area (Å²) in [6.45, 7) is 1.13. The lowest BCUT2D eigenvalue weighted by atomic mass is 9.87. The van der Waals surface area contributed by atoms with Crippen molar-refractivity contribution in [3.05, 3.63) is 34.9 Å². The van der Waals surface area contributed by atoms with E-state index in [1.54, 1.807) is 0 Å². The molecule has 1 saturated heterocycles. The van der Waals surface area contributed by atoms with Gasteiger partial charge in [-0.2, -0.15) is 0 Å². The van der Waals surface area contributed by atoms with Crippen molar-refractivity contribution in [3.8, 4) is 0 Å². The molecule has 2 aliphatic rings. The third kappa shape index (κ3) is 1.83. The summed E-state index contributed by atoms with van der Waals surface area (Å²) in [5.74, 6) is -0.116. The van der Waals surface area contributed by atoms with Gasteiger partial charge in [0.05, 0.1) is 19.6 Å². The van der Waals surface area contributed by atoms with Crippen molar-refractivity contribution in [1.82, 2.24) is 0 Å². The smallest absolute Gasteiger partial charge is 0.310 e. The van der Waals surface area contributed by atoms with Crippen LogP contribution in [0, 0.1) is 0 Å². The van der Waals surface area contributed by atoms with Gasteiger partial charge in [0.25, 0.3) is 0 Å². The van der Waals surface area contributed by atoms with Crippen molar-refractivity contribution < 1.29 is 14.3 Å². The molecular weight excluding hydrogens is 204 g/mol. The number of fused-ring (bicyclic) bond motifs is 1. The monoisotopic (exact) mass is 218 g/mol. The first kappa shape index (κ1) is 9.85. The lowest BCUT2D eigenvalue weighted by molar-refractivity contribution is -0.175. The second-order valence-corrected chi connectivity index (χ2v) is 4.43. The summed E-state index contributed by atoms with van der Waals surface area (Å²) in [5.41, 5.74) is 4.14. The van der Waals surface area contributed by atoms with Gasteiger partial charge in [0.15, 0.2) is 0 Å². The maximum atomic E-state index is 10.6. The van der Waals surface area contributed by atoms with E-state index in [0.29, 0.717) is 19.6 Å². The molecule has 0 saturated carbocycles. The molecule has 84 valence electrons. The lowest BCUT2D eigenvalue weighted by Gasteiger charge is -2.25. The first-order chi connectivity index (χ1) is 7.81. The molecule has 1 unspecified atom stereocenters. The van der Waals surface area contributed by atoms with Crippen LogP contribution in [0.4, 0.5) is 0 Å². The minimum Gasteiger partial charge on any atom is -0.459 e. The molecule has 1 fully saturated rings. The van der Waals surface area contributed by atoms with Crippen LogP contribution < -0.4 is 0 Å². The van der Waals surface area contributed by atoms with E-state index in [1.807, 2.05) is 0 Å². The van der Waals surface area contributed by atoms with E-state index < -0.39 is 0 Å². The van der Waals surface area contributed by atoms with E-state index in [0.717, 1.165) is 0 Å². The first-order valence-corrected chi connectivity index (χ1v) is 5.69. The fourth-order valence-electron chi connectivity index (χ4n) is 2.10.